The largest absolute Gasteiger partial charge is 0.394 e. The highest BCUT2D eigenvalue weighted by atomic mass is 16.8. The van der Waals surface area contributed by atoms with Gasteiger partial charge >= 0.3 is 0 Å². The molecular formula is C36H62O31. The number of aliphatic hydroxyl groups is 20. The van der Waals surface area contributed by atoms with Gasteiger partial charge in [-0.1, -0.05) is 0 Å². The highest BCUT2D eigenvalue weighted by Gasteiger charge is 2.57. The second-order valence-electron chi connectivity index (χ2n) is 16.8. The van der Waals surface area contributed by atoms with E-state index in [4.69, 9.17) is 52.1 Å². The summed E-state index contributed by atoms with van der Waals surface area (Å²) in [7, 11) is 0. The first-order valence-electron chi connectivity index (χ1n) is 21.1. The molecule has 0 aliphatic carbocycles. The zero-order valence-corrected chi connectivity index (χ0v) is 35.0. The third-order valence-electron chi connectivity index (χ3n) is 12.4. The summed E-state index contributed by atoms with van der Waals surface area (Å²) in [6.07, 6.45) is -57.1. The molecule has 6 saturated heterocycles. The van der Waals surface area contributed by atoms with Crippen LogP contribution in [0, 0.1) is 0 Å². The van der Waals surface area contributed by atoms with Gasteiger partial charge in [-0.3, -0.25) is 0 Å². The Bertz CT molecular complexity index is 1500. The summed E-state index contributed by atoms with van der Waals surface area (Å²) in [6, 6.07) is 0. The van der Waals surface area contributed by atoms with Crippen LogP contribution < -0.4 is 0 Å². The second kappa shape index (κ2) is 23.5. The molecule has 6 aliphatic heterocycles. The summed E-state index contributed by atoms with van der Waals surface area (Å²) in [6.45, 7) is -5.69. The Morgan fingerprint density at radius 2 is 0.478 bits per heavy atom. The van der Waals surface area contributed by atoms with E-state index < -0.39 is 224 Å². The molecule has 31 nitrogen and oxygen atoms in total. The number of hydrogen-bond acceptors (Lipinski definition) is 31. The van der Waals surface area contributed by atoms with E-state index in [-0.39, 0.29) is 0 Å². The zero-order valence-electron chi connectivity index (χ0n) is 35.0. The number of aliphatic hydroxyl groups excluding tert-OH is 20. The van der Waals surface area contributed by atoms with Crippen molar-refractivity contribution in [2.24, 2.45) is 0 Å². The fraction of sp³-hybridized carbons (Fsp3) is 1.00. The molecule has 0 saturated carbocycles. The minimum absolute atomic E-state index is 0.832. The molecule has 31 heteroatoms. The number of ether oxygens (including phenoxy) is 11. The fourth-order valence-corrected chi connectivity index (χ4v) is 8.51. The average molecular weight is 991 g/mol. The Labute approximate surface area is 378 Å². The van der Waals surface area contributed by atoms with Gasteiger partial charge < -0.3 is 154 Å². The van der Waals surface area contributed by atoms with Gasteiger partial charge in [-0.15, -0.1) is 0 Å². The van der Waals surface area contributed by atoms with Gasteiger partial charge in [0, 0.05) is 0 Å². The first kappa shape index (κ1) is 55.1. The molecule has 0 aromatic rings. The third-order valence-corrected chi connectivity index (χ3v) is 12.4. The van der Waals surface area contributed by atoms with Crippen molar-refractivity contribution in [1.82, 2.24) is 0 Å². The molecule has 0 spiro atoms. The zero-order chi connectivity index (χ0) is 49.3. The van der Waals surface area contributed by atoms with Crippen LogP contribution >= 0.6 is 0 Å². The predicted octanol–water partition coefficient (Wildman–Crippen LogP) is -14.1. The van der Waals surface area contributed by atoms with Gasteiger partial charge in [0.1, 0.15) is 146 Å². The summed E-state index contributed by atoms with van der Waals surface area (Å²) in [4.78, 5) is 0. The van der Waals surface area contributed by atoms with Gasteiger partial charge in [0.05, 0.1) is 39.6 Å². The van der Waals surface area contributed by atoms with Crippen molar-refractivity contribution in [3.05, 3.63) is 0 Å². The summed E-state index contributed by atoms with van der Waals surface area (Å²) in [5.41, 5.74) is 0. The summed E-state index contributed by atoms with van der Waals surface area (Å²) < 4.78 is 60.3. The molecule has 0 aromatic carbocycles. The van der Waals surface area contributed by atoms with Gasteiger partial charge in [0.15, 0.2) is 37.7 Å². The van der Waals surface area contributed by atoms with Crippen LogP contribution in [-0.4, -0.2) is 326 Å². The van der Waals surface area contributed by atoms with Gasteiger partial charge in [-0.2, -0.15) is 0 Å². The maximum absolute atomic E-state index is 11.4. The molecule has 30 atom stereocenters. The van der Waals surface area contributed by atoms with Crippen molar-refractivity contribution >= 4 is 0 Å². The Morgan fingerprint density at radius 3 is 0.821 bits per heavy atom. The van der Waals surface area contributed by atoms with Crippen LogP contribution in [0.3, 0.4) is 0 Å². The number of hydrogen-bond donors (Lipinski definition) is 20. The highest BCUT2D eigenvalue weighted by molar-refractivity contribution is 5.00. The summed E-state index contributed by atoms with van der Waals surface area (Å²) in [5.74, 6) is 0. The van der Waals surface area contributed by atoms with E-state index in [0.717, 1.165) is 0 Å². The molecule has 6 rings (SSSR count). The number of rotatable bonds is 16. The van der Waals surface area contributed by atoms with E-state index in [1.165, 1.54) is 0 Å². The maximum Gasteiger partial charge on any atom is 0.187 e. The van der Waals surface area contributed by atoms with Gasteiger partial charge in [0.25, 0.3) is 0 Å². The monoisotopic (exact) mass is 990 g/mol. The van der Waals surface area contributed by atoms with Crippen LogP contribution in [0.25, 0.3) is 0 Å². The van der Waals surface area contributed by atoms with Crippen LogP contribution in [0.1, 0.15) is 0 Å². The minimum atomic E-state index is -2.19. The molecule has 0 radical (unpaired) electrons. The second-order valence-corrected chi connectivity index (χ2v) is 16.8. The van der Waals surface area contributed by atoms with Gasteiger partial charge in [-0.25, -0.2) is 0 Å². The van der Waals surface area contributed by atoms with Crippen LogP contribution in [0.4, 0.5) is 0 Å². The topological polar surface area (TPSA) is 506 Å². The van der Waals surface area contributed by atoms with Crippen LogP contribution in [0.15, 0.2) is 0 Å². The van der Waals surface area contributed by atoms with Crippen LogP contribution in [0.5, 0.6) is 0 Å². The molecule has 20 N–H and O–H groups in total. The lowest BCUT2D eigenvalue weighted by molar-refractivity contribution is -0.396. The normalized spacial score (nSPS) is 53.4. The van der Waals surface area contributed by atoms with E-state index in [0.29, 0.717) is 0 Å². The first-order valence-corrected chi connectivity index (χ1v) is 21.1. The Hall–Kier alpha value is -1.24. The van der Waals surface area contributed by atoms with Crippen molar-refractivity contribution < 1.29 is 154 Å². The smallest absolute Gasteiger partial charge is 0.187 e. The molecule has 6 heterocycles. The van der Waals surface area contributed by atoms with Gasteiger partial charge in [-0.05, 0) is 0 Å². The summed E-state index contributed by atoms with van der Waals surface area (Å²) in [5, 5.41) is 210. The van der Waals surface area contributed by atoms with Gasteiger partial charge in [0.2, 0.25) is 0 Å². The molecule has 6 aliphatic rings. The lowest BCUT2D eigenvalue weighted by Crippen LogP contribution is -2.68. The molecule has 0 unspecified atom stereocenters. The molecule has 0 aromatic heterocycles. The lowest BCUT2D eigenvalue weighted by Gasteiger charge is -2.50. The van der Waals surface area contributed by atoms with Crippen molar-refractivity contribution in [3.8, 4) is 0 Å². The molecule has 67 heavy (non-hydrogen) atoms. The van der Waals surface area contributed by atoms with Crippen LogP contribution in [-0.2, 0) is 52.1 Å². The molecular weight excluding hydrogens is 928 g/mol. The lowest BCUT2D eigenvalue weighted by atomic mass is 9.95. The third kappa shape index (κ3) is 11.2. The standard InChI is InChI=1S/C36H62O31/c37-1-7-13(43)16(46)20(50)32(58-7)63-26-10(4-40)62-35(23(53)19(26)49)67-30-15(45)9(3-39)59-36(25(30)55)65-28-12(6-42)60-33(21(51)17(28)47)64-27-11(5-41)61-34(22(52)18(27)48)66-29-14(44)8(2-38)57-31(56)24(29)54/h7-56H,1-6H2/t7-,8-,9-,10-,11-,12-,13-,14-,15-,16+,17-,18-,19-,20-,21-,22-,23-,24+,25-,26-,27-,28-,29+,30+,31-,32+,33+,34+,35+,36+/m1/s1. The van der Waals surface area contributed by atoms with Crippen molar-refractivity contribution in [2.45, 2.75) is 184 Å². The quantitative estimate of drug-likeness (QED) is 0.0683. The Kier molecular flexibility index (Phi) is 19.4. The average Bonchev–Trinajstić information content (AvgIpc) is 3.32. The van der Waals surface area contributed by atoms with E-state index in [9.17, 15) is 102 Å². The Morgan fingerprint density at radius 1 is 0.224 bits per heavy atom. The maximum atomic E-state index is 11.4. The van der Waals surface area contributed by atoms with E-state index in [1.807, 2.05) is 0 Å². The summed E-state index contributed by atoms with van der Waals surface area (Å²) >= 11 is 0. The molecule has 6 fully saturated rings. The molecule has 0 amide bonds. The minimum Gasteiger partial charge on any atom is -0.394 e. The first-order chi connectivity index (χ1) is 31.8. The molecule has 0 bridgehead atoms. The van der Waals surface area contributed by atoms with E-state index >= 15 is 0 Å². The van der Waals surface area contributed by atoms with Crippen molar-refractivity contribution in [3.63, 3.8) is 0 Å². The van der Waals surface area contributed by atoms with Crippen molar-refractivity contribution in [2.75, 3.05) is 39.6 Å². The Balaban J connectivity index is 1.10. The van der Waals surface area contributed by atoms with E-state index in [2.05, 4.69) is 0 Å². The van der Waals surface area contributed by atoms with E-state index in [1.54, 1.807) is 0 Å². The SMILES string of the molecule is OC[C@H]1O[C@@H](O[C@H]2[C@H](O)[C@@H](O)[C@H](O[C@@H]3[C@@H](O)[C@H](O[C@H]4[C@H](O)[C@@H](O)[C@H](O[C@H]5[C@H](O)[C@@H](O)[C@H](O[C@@H]6[C@H](O)[C@H](O)O[C@H](CO)[C@H]6O)O[C@@H]5CO)O[C@@H]4CO)O[C@H](CO)[C@H]3O)O[C@@H]2CO)[C@H](O)[C@@H](O)[C@@H]1O. The highest BCUT2D eigenvalue weighted by Crippen LogP contribution is 2.36. The predicted molar refractivity (Wildman–Crippen MR) is 199 cm³/mol. The fourth-order valence-electron chi connectivity index (χ4n) is 8.51. The molecule has 392 valence electrons. The van der Waals surface area contributed by atoms with Crippen LogP contribution in [0.2, 0.25) is 0 Å². The van der Waals surface area contributed by atoms with Crippen molar-refractivity contribution in [1.29, 1.82) is 0 Å².